The minimum Gasteiger partial charge on any atom is -0.488 e. The number of furan rings is 1. The molecule has 7 heteroatoms. The first kappa shape index (κ1) is 19.8. The molecule has 4 aromatic rings. The van der Waals surface area contributed by atoms with Crippen molar-refractivity contribution in [1.82, 2.24) is 5.43 Å². The maximum atomic E-state index is 13.0. The van der Waals surface area contributed by atoms with Gasteiger partial charge in [0.2, 0.25) is 0 Å². The summed E-state index contributed by atoms with van der Waals surface area (Å²) in [5, 5.41) is 4.83. The van der Waals surface area contributed by atoms with Gasteiger partial charge in [-0.15, -0.1) is 0 Å². The van der Waals surface area contributed by atoms with Crippen LogP contribution in [0, 0.1) is 5.82 Å². The molecule has 1 amide bonds. The largest absolute Gasteiger partial charge is 0.488 e. The molecule has 0 radical (unpaired) electrons. The minimum absolute atomic E-state index is 0.168. The first-order valence-electron chi connectivity index (χ1n) is 9.07. The van der Waals surface area contributed by atoms with Crippen molar-refractivity contribution in [2.45, 2.75) is 6.61 Å². The lowest BCUT2D eigenvalue weighted by atomic mass is 10.2. The molecule has 0 atom stereocenters. The van der Waals surface area contributed by atoms with Crippen LogP contribution in [-0.2, 0) is 6.61 Å². The molecule has 1 aromatic heterocycles. The van der Waals surface area contributed by atoms with Gasteiger partial charge in [-0.05, 0) is 54.1 Å². The summed E-state index contributed by atoms with van der Waals surface area (Å²) >= 11 is 3.39. The average Bonchev–Trinajstić information content (AvgIpc) is 3.17. The minimum atomic E-state index is -0.455. The molecule has 0 aliphatic rings. The highest BCUT2D eigenvalue weighted by molar-refractivity contribution is 9.10. The van der Waals surface area contributed by atoms with Crippen LogP contribution in [0.25, 0.3) is 11.0 Å². The molecule has 0 bridgehead atoms. The summed E-state index contributed by atoms with van der Waals surface area (Å²) in [6.45, 7) is 0.284. The topological polar surface area (TPSA) is 63.8 Å². The van der Waals surface area contributed by atoms with Crippen LogP contribution in [0.5, 0.6) is 5.75 Å². The van der Waals surface area contributed by atoms with E-state index in [1.54, 1.807) is 30.3 Å². The molecule has 0 aliphatic carbocycles. The van der Waals surface area contributed by atoms with Crippen LogP contribution in [0.1, 0.15) is 21.7 Å². The zero-order chi connectivity index (χ0) is 20.9. The number of hydrazone groups is 1. The van der Waals surface area contributed by atoms with Gasteiger partial charge in [0, 0.05) is 15.4 Å². The Labute approximate surface area is 180 Å². The molecule has 0 aliphatic heterocycles. The highest BCUT2D eigenvalue weighted by Crippen LogP contribution is 2.23. The number of halogens is 2. The van der Waals surface area contributed by atoms with Crippen LogP contribution in [0.15, 0.2) is 86.8 Å². The quantitative estimate of drug-likeness (QED) is 0.293. The second-order valence-corrected chi connectivity index (χ2v) is 7.36. The van der Waals surface area contributed by atoms with Crippen LogP contribution in [0.3, 0.4) is 0 Å². The molecule has 150 valence electrons. The molecule has 3 aromatic carbocycles. The van der Waals surface area contributed by atoms with Gasteiger partial charge in [-0.2, -0.15) is 5.10 Å². The fourth-order valence-electron chi connectivity index (χ4n) is 2.80. The van der Waals surface area contributed by atoms with Crippen LogP contribution >= 0.6 is 15.9 Å². The first-order chi connectivity index (χ1) is 14.6. The van der Waals surface area contributed by atoms with Crippen LogP contribution in [0.2, 0.25) is 0 Å². The molecular weight excluding hydrogens is 451 g/mol. The summed E-state index contributed by atoms with van der Waals surface area (Å²) in [4.78, 5) is 12.3. The zero-order valence-electron chi connectivity index (χ0n) is 15.6. The molecule has 0 fully saturated rings. The summed E-state index contributed by atoms with van der Waals surface area (Å²) in [6, 6.07) is 20.5. The highest BCUT2D eigenvalue weighted by atomic mass is 79.9. The van der Waals surface area contributed by atoms with E-state index in [-0.39, 0.29) is 18.2 Å². The Morgan fingerprint density at radius 2 is 1.90 bits per heavy atom. The molecular formula is C23H16BrFN2O3. The Kier molecular flexibility index (Phi) is 5.90. The Morgan fingerprint density at radius 3 is 2.73 bits per heavy atom. The molecule has 30 heavy (non-hydrogen) atoms. The van der Waals surface area contributed by atoms with Crippen molar-refractivity contribution in [2.24, 2.45) is 5.10 Å². The Morgan fingerprint density at radius 1 is 1.10 bits per heavy atom. The lowest BCUT2D eigenvalue weighted by Crippen LogP contribution is -2.16. The van der Waals surface area contributed by atoms with Gasteiger partial charge in [0.25, 0.3) is 0 Å². The molecule has 1 heterocycles. The van der Waals surface area contributed by atoms with Gasteiger partial charge >= 0.3 is 5.91 Å². The standard InChI is InChI=1S/C23H16BrFN2O3/c24-18-7-10-21-17(11-18)12-22(30-21)23(28)27-26-13-16-3-1-2-4-20(16)29-14-15-5-8-19(25)9-6-15/h1-13H,14H2,(H,27,28)/b26-13+. The number of para-hydroxylation sites is 1. The molecule has 4 rings (SSSR count). The molecule has 1 N–H and O–H groups in total. The second-order valence-electron chi connectivity index (χ2n) is 6.44. The van der Waals surface area contributed by atoms with Crippen molar-refractivity contribution in [2.75, 3.05) is 0 Å². The Balaban J connectivity index is 1.42. The van der Waals surface area contributed by atoms with E-state index >= 15 is 0 Å². The van der Waals surface area contributed by atoms with Gasteiger partial charge < -0.3 is 9.15 Å². The Bertz CT molecular complexity index is 1220. The van der Waals surface area contributed by atoms with Gasteiger partial charge in [-0.1, -0.05) is 40.2 Å². The number of nitrogens with zero attached hydrogens (tertiary/aromatic N) is 1. The normalized spacial score (nSPS) is 11.1. The van der Waals surface area contributed by atoms with Gasteiger partial charge in [0.1, 0.15) is 23.8 Å². The summed E-state index contributed by atoms with van der Waals surface area (Å²) in [5.74, 6) is 0.0110. The van der Waals surface area contributed by atoms with Crippen molar-refractivity contribution in [3.05, 3.63) is 100.0 Å². The van der Waals surface area contributed by atoms with E-state index in [4.69, 9.17) is 9.15 Å². The molecule has 5 nitrogen and oxygen atoms in total. The summed E-state index contributed by atoms with van der Waals surface area (Å²) < 4.78 is 25.3. The van der Waals surface area contributed by atoms with E-state index in [2.05, 4.69) is 26.5 Å². The number of hydrogen-bond acceptors (Lipinski definition) is 4. The van der Waals surface area contributed by atoms with Crippen LogP contribution in [-0.4, -0.2) is 12.1 Å². The van der Waals surface area contributed by atoms with Crippen LogP contribution < -0.4 is 10.2 Å². The van der Waals surface area contributed by atoms with Crippen molar-refractivity contribution in [3.63, 3.8) is 0 Å². The molecule has 0 saturated heterocycles. The van der Waals surface area contributed by atoms with E-state index in [0.717, 1.165) is 15.4 Å². The third-order valence-electron chi connectivity index (χ3n) is 4.30. The number of fused-ring (bicyclic) bond motifs is 1. The fourth-order valence-corrected chi connectivity index (χ4v) is 3.18. The second kappa shape index (κ2) is 8.92. The number of carbonyl (C=O) groups is 1. The number of carbonyl (C=O) groups excluding carboxylic acids is 1. The third kappa shape index (κ3) is 4.75. The Hall–Kier alpha value is -3.45. The summed E-state index contributed by atoms with van der Waals surface area (Å²) in [5.41, 5.74) is 4.60. The third-order valence-corrected chi connectivity index (χ3v) is 4.79. The van der Waals surface area contributed by atoms with E-state index < -0.39 is 5.91 Å². The van der Waals surface area contributed by atoms with Gasteiger partial charge in [0.15, 0.2) is 5.76 Å². The van der Waals surface area contributed by atoms with Crippen LogP contribution in [0.4, 0.5) is 4.39 Å². The highest BCUT2D eigenvalue weighted by Gasteiger charge is 2.12. The molecule has 0 unspecified atom stereocenters. The monoisotopic (exact) mass is 466 g/mol. The summed E-state index contributed by atoms with van der Waals surface area (Å²) in [6.07, 6.45) is 1.50. The van der Waals surface area contributed by atoms with Crippen molar-refractivity contribution >= 4 is 39.0 Å². The average molecular weight is 467 g/mol. The maximum absolute atomic E-state index is 13.0. The zero-order valence-corrected chi connectivity index (χ0v) is 17.2. The first-order valence-corrected chi connectivity index (χ1v) is 9.86. The van der Waals surface area contributed by atoms with E-state index in [1.807, 2.05) is 30.3 Å². The van der Waals surface area contributed by atoms with E-state index in [0.29, 0.717) is 16.9 Å². The lowest BCUT2D eigenvalue weighted by Gasteiger charge is -2.09. The van der Waals surface area contributed by atoms with E-state index in [1.165, 1.54) is 18.3 Å². The van der Waals surface area contributed by atoms with E-state index in [9.17, 15) is 9.18 Å². The van der Waals surface area contributed by atoms with Crippen molar-refractivity contribution < 1.29 is 18.3 Å². The lowest BCUT2D eigenvalue weighted by molar-refractivity contribution is 0.0929. The van der Waals surface area contributed by atoms with Gasteiger partial charge in [-0.3, -0.25) is 4.79 Å². The van der Waals surface area contributed by atoms with Gasteiger partial charge in [-0.25, -0.2) is 9.82 Å². The predicted octanol–water partition coefficient (Wildman–Crippen LogP) is 5.68. The number of hydrogen-bond donors (Lipinski definition) is 1. The number of ether oxygens (including phenoxy) is 1. The fraction of sp³-hybridized carbons (Fsp3) is 0.0435. The number of nitrogens with one attached hydrogen (secondary N) is 1. The molecule has 0 spiro atoms. The number of rotatable bonds is 6. The smallest absolute Gasteiger partial charge is 0.307 e. The number of amides is 1. The molecule has 0 saturated carbocycles. The van der Waals surface area contributed by atoms with Crippen molar-refractivity contribution in [1.29, 1.82) is 0 Å². The number of benzene rings is 3. The maximum Gasteiger partial charge on any atom is 0.307 e. The van der Waals surface area contributed by atoms with Gasteiger partial charge in [0.05, 0.1) is 6.21 Å². The summed E-state index contributed by atoms with van der Waals surface area (Å²) in [7, 11) is 0. The predicted molar refractivity (Wildman–Crippen MR) is 116 cm³/mol. The SMILES string of the molecule is O=C(N/N=C/c1ccccc1OCc1ccc(F)cc1)c1cc2cc(Br)ccc2o1. The van der Waals surface area contributed by atoms with Crippen molar-refractivity contribution in [3.8, 4) is 5.75 Å².